The molecule has 1 heterocycles. The third-order valence-electron chi connectivity index (χ3n) is 2.92. The first-order valence-corrected chi connectivity index (χ1v) is 7.63. The highest BCUT2D eigenvalue weighted by molar-refractivity contribution is 8.01. The number of ether oxygens (including phenoxy) is 1. The van der Waals surface area contributed by atoms with Crippen LogP contribution in [0.15, 0.2) is 4.34 Å². The van der Waals surface area contributed by atoms with Crippen molar-refractivity contribution in [3.63, 3.8) is 0 Å². The zero-order chi connectivity index (χ0) is 12.1. The summed E-state index contributed by atoms with van der Waals surface area (Å²) in [6, 6.07) is 0. The fraction of sp³-hybridized carbons (Fsp3) is 0.727. The van der Waals surface area contributed by atoms with Crippen LogP contribution in [-0.4, -0.2) is 29.0 Å². The van der Waals surface area contributed by atoms with Crippen LogP contribution >= 0.6 is 23.1 Å². The molecule has 94 valence electrons. The summed E-state index contributed by atoms with van der Waals surface area (Å²) < 4.78 is 5.46. The molecular formula is C11H16N2O2S2. The average Bonchev–Trinajstić information content (AvgIpc) is 2.86. The molecule has 1 aliphatic rings. The molecular weight excluding hydrogens is 256 g/mol. The molecule has 1 saturated carbocycles. The third-order valence-corrected chi connectivity index (χ3v) is 5.11. The molecule has 2 rings (SSSR count). The summed E-state index contributed by atoms with van der Waals surface area (Å²) in [7, 11) is 1.40. The number of hydrogen-bond donors (Lipinski definition) is 0. The first kappa shape index (κ1) is 12.8. The summed E-state index contributed by atoms with van der Waals surface area (Å²) in [5.41, 5.74) is 0. The molecule has 0 N–H and O–H groups in total. The second kappa shape index (κ2) is 6.35. The normalized spacial score (nSPS) is 17.0. The Bertz CT molecular complexity index is 375. The Balaban J connectivity index is 1.88. The summed E-state index contributed by atoms with van der Waals surface area (Å²) >= 11 is 3.03. The van der Waals surface area contributed by atoms with Crippen molar-refractivity contribution in [3.05, 3.63) is 5.01 Å². The van der Waals surface area contributed by atoms with Crippen molar-refractivity contribution in [2.45, 2.75) is 42.4 Å². The van der Waals surface area contributed by atoms with E-state index in [9.17, 15) is 4.79 Å². The average molecular weight is 272 g/mol. The van der Waals surface area contributed by atoms with Crippen molar-refractivity contribution in [3.8, 4) is 0 Å². The maximum atomic E-state index is 11.0. The van der Waals surface area contributed by atoms with Crippen molar-refractivity contribution in [1.29, 1.82) is 0 Å². The van der Waals surface area contributed by atoms with Gasteiger partial charge in [-0.1, -0.05) is 42.4 Å². The van der Waals surface area contributed by atoms with Crippen LogP contribution in [0.3, 0.4) is 0 Å². The van der Waals surface area contributed by atoms with Crippen LogP contribution in [0.1, 0.15) is 43.0 Å². The summed E-state index contributed by atoms with van der Waals surface area (Å²) in [6.45, 7) is 0. The van der Waals surface area contributed by atoms with Gasteiger partial charge >= 0.3 is 5.97 Å². The smallest absolute Gasteiger partial charge is 0.316 e. The van der Waals surface area contributed by atoms with Crippen LogP contribution < -0.4 is 0 Å². The minimum Gasteiger partial charge on any atom is -0.468 e. The Morgan fingerprint density at radius 1 is 1.41 bits per heavy atom. The van der Waals surface area contributed by atoms with Crippen LogP contribution in [-0.2, 0) is 9.53 Å². The fourth-order valence-electron chi connectivity index (χ4n) is 1.97. The molecule has 0 bridgehead atoms. The Hall–Kier alpha value is -0.620. The van der Waals surface area contributed by atoms with E-state index >= 15 is 0 Å². The quantitative estimate of drug-likeness (QED) is 0.623. The summed E-state index contributed by atoms with van der Waals surface area (Å²) in [6.07, 6.45) is 6.41. The van der Waals surface area contributed by atoms with E-state index in [2.05, 4.69) is 14.9 Å². The molecule has 4 nitrogen and oxygen atoms in total. The van der Waals surface area contributed by atoms with Gasteiger partial charge in [-0.3, -0.25) is 4.79 Å². The Labute approximate surface area is 109 Å². The predicted octanol–water partition coefficient (Wildman–Crippen LogP) is 2.85. The molecule has 17 heavy (non-hydrogen) atoms. The zero-order valence-electron chi connectivity index (χ0n) is 9.85. The lowest BCUT2D eigenvalue weighted by Gasteiger charge is -2.18. The molecule has 1 aromatic heterocycles. The van der Waals surface area contributed by atoms with Gasteiger partial charge in [0, 0.05) is 5.92 Å². The Morgan fingerprint density at radius 2 is 2.18 bits per heavy atom. The SMILES string of the molecule is COC(=O)CSc1nnc(C2CCCCC2)s1. The highest BCUT2D eigenvalue weighted by Gasteiger charge is 2.19. The molecule has 0 radical (unpaired) electrons. The number of thioether (sulfide) groups is 1. The number of carbonyl (C=O) groups is 1. The molecule has 1 aromatic rings. The molecule has 0 saturated heterocycles. The highest BCUT2D eigenvalue weighted by Crippen LogP contribution is 2.35. The summed E-state index contributed by atoms with van der Waals surface area (Å²) in [4.78, 5) is 11.0. The van der Waals surface area contributed by atoms with Crippen LogP contribution in [0, 0.1) is 0 Å². The number of methoxy groups -OCH3 is 1. The largest absolute Gasteiger partial charge is 0.468 e. The van der Waals surface area contributed by atoms with Crippen molar-refractivity contribution in [2.24, 2.45) is 0 Å². The second-order valence-corrected chi connectivity index (χ2v) is 6.34. The van der Waals surface area contributed by atoms with E-state index in [4.69, 9.17) is 0 Å². The van der Waals surface area contributed by atoms with Gasteiger partial charge in [0.15, 0.2) is 4.34 Å². The first-order chi connectivity index (χ1) is 8.29. The third kappa shape index (κ3) is 3.67. The van der Waals surface area contributed by atoms with Crippen LogP contribution in [0.4, 0.5) is 0 Å². The van der Waals surface area contributed by atoms with Gasteiger partial charge in [-0.2, -0.15) is 0 Å². The van der Waals surface area contributed by atoms with Crippen molar-refractivity contribution in [2.75, 3.05) is 12.9 Å². The van der Waals surface area contributed by atoms with E-state index in [-0.39, 0.29) is 5.97 Å². The summed E-state index contributed by atoms with van der Waals surface area (Å²) in [5, 5.41) is 9.50. The standard InChI is InChI=1S/C11H16N2O2S2/c1-15-9(14)7-16-11-13-12-10(17-11)8-5-3-2-4-6-8/h8H,2-7H2,1H3. The van der Waals surface area contributed by atoms with Gasteiger partial charge in [-0.25, -0.2) is 0 Å². The van der Waals surface area contributed by atoms with E-state index in [1.165, 1.54) is 51.0 Å². The lowest BCUT2D eigenvalue weighted by atomic mass is 9.90. The highest BCUT2D eigenvalue weighted by atomic mass is 32.2. The van der Waals surface area contributed by atoms with Gasteiger partial charge in [0.2, 0.25) is 0 Å². The Kier molecular flexibility index (Phi) is 4.79. The fourth-order valence-corrected chi connectivity index (χ4v) is 3.84. The van der Waals surface area contributed by atoms with Gasteiger partial charge < -0.3 is 4.74 Å². The number of nitrogens with zero attached hydrogens (tertiary/aromatic N) is 2. The molecule has 0 atom stereocenters. The summed E-state index contributed by atoms with van der Waals surface area (Å²) in [5.74, 6) is 0.689. The maximum absolute atomic E-state index is 11.0. The predicted molar refractivity (Wildman–Crippen MR) is 68.5 cm³/mol. The van der Waals surface area contributed by atoms with Gasteiger partial charge in [-0.15, -0.1) is 10.2 Å². The molecule has 0 aromatic carbocycles. The van der Waals surface area contributed by atoms with Crippen LogP contribution in [0.2, 0.25) is 0 Å². The molecule has 6 heteroatoms. The Morgan fingerprint density at radius 3 is 2.88 bits per heavy atom. The molecule has 1 aliphatic carbocycles. The molecule has 0 unspecified atom stereocenters. The maximum Gasteiger partial charge on any atom is 0.316 e. The number of aromatic nitrogens is 2. The van der Waals surface area contributed by atoms with Crippen molar-refractivity contribution >= 4 is 29.1 Å². The topological polar surface area (TPSA) is 52.1 Å². The van der Waals surface area contributed by atoms with Crippen molar-refractivity contribution < 1.29 is 9.53 Å². The van der Waals surface area contributed by atoms with Crippen LogP contribution in [0.5, 0.6) is 0 Å². The van der Waals surface area contributed by atoms with E-state index in [0.717, 1.165) is 9.35 Å². The van der Waals surface area contributed by atoms with Gasteiger partial charge in [-0.05, 0) is 12.8 Å². The zero-order valence-corrected chi connectivity index (χ0v) is 11.5. The number of rotatable bonds is 4. The first-order valence-electron chi connectivity index (χ1n) is 5.82. The van der Waals surface area contributed by atoms with E-state index < -0.39 is 0 Å². The monoisotopic (exact) mass is 272 g/mol. The van der Waals surface area contributed by atoms with E-state index in [1.54, 1.807) is 11.3 Å². The molecule has 1 fully saturated rings. The van der Waals surface area contributed by atoms with Gasteiger partial charge in [0.1, 0.15) is 5.01 Å². The molecule has 0 amide bonds. The number of carbonyl (C=O) groups excluding carboxylic acids is 1. The number of esters is 1. The minimum absolute atomic E-state index is 0.218. The lowest BCUT2D eigenvalue weighted by Crippen LogP contribution is -2.03. The van der Waals surface area contributed by atoms with Crippen LogP contribution in [0.25, 0.3) is 0 Å². The second-order valence-electron chi connectivity index (χ2n) is 4.11. The molecule has 0 spiro atoms. The minimum atomic E-state index is -0.218. The van der Waals surface area contributed by atoms with E-state index in [1.807, 2.05) is 0 Å². The van der Waals surface area contributed by atoms with Crippen molar-refractivity contribution in [1.82, 2.24) is 10.2 Å². The van der Waals surface area contributed by atoms with Gasteiger partial charge in [0.25, 0.3) is 0 Å². The molecule has 0 aliphatic heterocycles. The lowest BCUT2D eigenvalue weighted by molar-refractivity contribution is -0.137. The number of hydrogen-bond acceptors (Lipinski definition) is 6. The van der Waals surface area contributed by atoms with E-state index in [0.29, 0.717) is 11.7 Å². The van der Waals surface area contributed by atoms with Gasteiger partial charge in [0.05, 0.1) is 12.9 Å².